The number of nitrogens with one attached hydrogen (secondary N) is 1. The summed E-state index contributed by atoms with van der Waals surface area (Å²) in [7, 11) is -3.69. The lowest BCUT2D eigenvalue weighted by molar-refractivity contribution is -0.137. The van der Waals surface area contributed by atoms with Gasteiger partial charge in [-0.2, -0.15) is 5.10 Å². The molecule has 3 atom stereocenters. The minimum absolute atomic E-state index is 0.0264. The summed E-state index contributed by atoms with van der Waals surface area (Å²) >= 11 is 0. The van der Waals surface area contributed by atoms with Gasteiger partial charge in [0.1, 0.15) is 11.4 Å². The van der Waals surface area contributed by atoms with Gasteiger partial charge in [0, 0.05) is 6.20 Å². The van der Waals surface area contributed by atoms with E-state index in [0.717, 1.165) is 23.7 Å². The summed E-state index contributed by atoms with van der Waals surface area (Å²) in [6.45, 7) is -0.368. The molecule has 0 spiro atoms. The van der Waals surface area contributed by atoms with Gasteiger partial charge in [0.25, 0.3) is 0 Å². The number of hydrogen-bond donors (Lipinski definition) is 2. The molecule has 0 saturated carbocycles. The van der Waals surface area contributed by atoms with Crippen molar-refractivity contribution in [2.24, 2.45) is 0 Å². The van der Waals surface area contributed by atoms with Crippen LogP contribution < -0.4 is 4.72 Å². The Balaban J connectivity index is 1.71. The van der Waals surface area contributed by atoms with E-state index in [1.807, 2.05) is 0 Å². The highest BCUT2D eigenvalue weighted by atomic mass is 32.2. The van der Waals surface area contributed by atoms with Crippen LogP contribution in [0.4, 0.5) is 0 Å². The van der Waals surface area contributed by atoms with Crippen molar-refractivity contribution in [3.05, 3.63) is 12.4 Å². The third-order valence-electron chi connectivity index (χ3n) is 3.63. The van der Waals surface area contributed by atoms with Crippen LogP contribution in [-0.2, 0) is 26.1 Å². The second-order valence-electron chi connectivity index (χ2n) is 5.10. The molecule has 2 aliphatic rings. The molecule has 0 aromatic carbocycles. The van der Waals surface area contributed by atoms with Gasteiger partial charge in [-0.1, -0.05) is 0 Å². The molecule has 2 N–H and O–H groups in total. The van der Waals surface area contributed by atoms with Gasteiger partial charge in [-0.25, -0.2) is 13.1 Å². The highest BCUT2D eigenvalue weighted by Gasteiger charge is 2.42. The number of ether oxygens (including phenoxy) is 1. The lowest BCUT2D eigenvalue weighted by atomic mass is 9.96. The van der Waals surface area contributed by atoms with E-state index < -0.39 is 16.0 Å². The first kappa shape index (κ1) is 13.5. The zero-order chi connectivity index (χ0) is 14.3. The summed E-state index contributed by atoms with van der Waals surface area (Å²) in [5.41, 5.74) is 0. The topological polar surface area (TPSA) is 111 Å². The zero-order valence-electron chi connectivity index (χ0n) is 10.6. The molecular formula is C11H15N3O5S. The first-order chi connectivity index (χ1) is 9.44. The van der Waals surface area contributed by atoms with Gasteiger partial charge in [-0.15, -0.1) is 0 Å². The van der Waals surface area contributed by atoms with Crippen molar-refractivity contribution in [2.45, 2.75) is 49.0 Å². The molecule has 3 unspecified atom stereocenters. The first-order valence-electron chi connectivity index (χ1n) is 6.36. The van der Waals surface area contributed by atoms with E-state index in [0.29, 0.717) is 6.42 Å². The molecule has 2 saturated heterocycles. The summed E-state index contributed by atoms with van der Waals surface area (Å²) in [4.78, 5) is 10.5. The van der Waals surface area contributed by atoms with Gasteiger partial charge in [-0.3, -0.25) is 9.48 Å². The Labute approximate surface area is 115 Å². The van der Waals surface area contributed by atoms with Gasteiger partial charge in [0.15, 0.2) is 0 Å². The minimum Gasteiger partial charge on any atom is -0.480 e. The number of sulfonamides is 1. The molecule has 3 heterocycles. The second-order valence-corrected chi connectivity index (χ2v) is 6.82. The van der Waals surface area contributed by atoms with E-state index >= 15 is 0 Å². The van der Waals surface area contributed by atoms with Crippen LogP contribution in [0.3, 0.4) is 0 Å². The molecule has 0 amide bonds. The largest absolute Gasteiger partial charge is 0.480 e. The van der Waals surface area contributed by atoms with Crippen molar-refractivity contribution < 1.29 is 23.1 Å². The molecule has 110 valence electrons. The second kappa shape index (κ2) is 4.83. The number of fused-ring (bicyclic) bond motifs is 2. The average Bonchev–Trinajstić information content (AvgIpc) is 3.02. The Hall–Kier alpha value is -1.45. The number of aliphatic carboxylic acids is 1. The van der Waals surface area contributed by atoms with E-state index in [1.54, 1.807) is 0 Å². The lowest BCUT2D eigenvalue weighted by Crippen LogP contribution is -2.41. The van der Waals surface area contributed by atoms with Gasteiger partial charge in [0.05, 0.1) is 24.4 Å². The summed E-state index contributed by atoms with van der Waals surface area (Å²) in [6.07, 6.45) is 5.01. The molecule has 2 bridgehead atoms. The van der Waals surface area contributed by atoms with Gasteiger partial charge in [0.2, 0.25) is 10.0 Å². The molecule has 0 radical (unpaired) electrons. The van der Waals surface area contributed by atoms with E-state index in [2.05, 4.69) is 9.82 Å². The standard InChI is InChI=1S/C11H15N3O5S/c15-11(16)6-14-5-8(4-12-14)20(17,18)13-9-3-7-1-2-10(9)19-7/h4-5,7,9-10,13H,1-3,6H2,(H,15,16). The number of hydrogen-bond acceptors (Lipinski definition) is 5. The van der Waals surface area contributed by atoms with Gasteiger partial charge < -0.3 is 9.84 Å². The summed E-state index contributed by atoms with van der Waals surface area (Å²) < 4.78 is 33.7. The molecule has 0 aliphatic carbocycles. The molecule has 1 aromatic heterocycles. The predicted octanol–water partition coefficient (Wildman–Crippen LogP) is -0.434. The van der Waals surface area contributed by atoms with E-state index in [9.17, 15) is 13.2 Å². The molecule has 9 heteroatoms. The number of aromatic nitrogens is 2. The molecule has 3 rings (SSSR count). The highest BCUT2D eigenvalue weighted by Crippen LogP contribution is 2.34. The van der Waals surface area contributed by atoms with Crippen molar-refractivity contribution in [1.29, 1.82) is 0 Å². The molecule has 2 fully saturated rings. The van der Waals surface area contributed by atoms with Crippen LogP contribution in [0.15, 0.2) is 17.3 Å². The molecular weight excluding hydrogens is 286 g/mol. The third-order valence-corrected chi connectivity index (χ3v) is 5.07. The van der Waals surface area contributed by atoms with Crippen LogP contribution in [0, 0.1) is 0 Å². The number of carboxylic acids is 1. The van der Waals surface area contributed by atoms with Crippen molar-refractivity contribution in [3.8, 4) is 0 Å². The van der Waals surface area contributed by atoms with E-state index in [1.165, 1.54) is 6.20 Å². The zero-order valence-corrected chi connectivity index (χ0v) is 11.4. The molecule has 8 nitrogen and oxygen atoms in total. The number of nitrogens with zero attached hydrogens (tertiary/aromatic N) is 2. The average molecular weight is 301 g/mol. The normalized spacial score (nSPS) is 28.9. The van der Waals surface area contributed by atoms with Gasteiger partial charge in [-0.05, 0) is 19.3 Å². The maximum atomic E-state index is 12.2. The van der Waals surface area contributed by atoms with E-state index in [4.69, 9.17) is 9.84 Å². The van der Waals surface area contributed by atoms with Crippen LogP contribution >= 0.6 is 0 Å². The first-order valence-corrected chi connectivity index (χ1v) is 7.84. The number of rotatable bonds is 5. The fourth-order valence-electron chi connectivity index (χ4n) is 2.74. The smallest absolute Gasteiger partial charge is 0.325 e. The third kappa shape index (κ3) is 2.56. The summed E-state index contributed by atoms with van der Waals surface area (Å²) in [6, 6.07) is -0.207. The Bertz CT molecular complexity index is 626. The van der Waals surface area contributed by atoms with Gasteiger partial charge >= 0.3 is 5.97 Å². The molecule has 20 heavy (non-hydrogen) atoms. The lowest BCUT2D eigenvalue weighted by Gasteiger charge is -2.19. The molecule has 2 aliphatic heterocycles. The van der Waals surface area contributed by atoms with Crippen molar-refractivity contribution in [3.63, 3.8) is 0 Å². The fourth-order valence-corrected chi connectivity index (χ4v) is 3.97. The van der Waals surface area contributed by atoms with Crippen LogP contribution in [0.1, 0.15) is 19.3 Å². The SMILES string of the molecule is O=C(O)Cn1cc(S(=O)(=O)NC2CC3CCC2O3)cn1. The molecule has 1 aromatic rings. The number of carbonyl (C=O) groups is 1. The van der Waals surface area contributed by atoms with Crippen molar-refractivity contribution in [2.75, 3.05) is 0 Å². The Morgan fingerprint density at radius 1 is 1.55 bits per heavy atom. The van der Waals surface area contributed by atoms with Crippen LogP contribution in [0.2, 0.25) is 0 Å². The van der Waals surface area contributed by atoms with Crippen molar-refractivity contribution >= 4 is 16.0 Å². The monoisotopic (exact) mass is 301 g/mol. The maximum absolute atomic E-state index is 12.2. The highest BCUT2D eigenvalue weighted by molar-refractivity contribution is 7.89. The quantitative estimate of drug-likeness (QED) is 0.763. The minimum atomic E-state index is -3.69. The summed E-state index contributed by atoms with van der Waals surface area (Å²) in [5.74, 6) is -1.08. The van der Waals surface area contributed by atoms with Crippen LogP contribution in [0.5, 0.6) is 0 Å². The van der Waals surface area contributed by atoms with Crippen molar-refractivity contribution in [1.82, 2.24) is 14.5 Å². The van der Waals surface area contributed by atoms with Crippen LogP contribution in [0.25, 0.3) is 0 Å². The predicted molar refractivity (Wildman–Crippen MR) is 66.5 cm³/mol. The summed E-state index contributed by atoms with van der Waals surface area (Å²) in [5, 5.41) is 12.4. The Morgan fingerprint density at radius 2 is 2.35 bits per heavy atom. The Morgan fingerprint density at radius 3 is 2.95 bits per heavy atom. The van der Waals surface area contributed by atoms with E-state index in [-0.39, 0.29) is 29.7 Å². The van der Waals surface area contributed by atoms with Crippen LogP contribution in [-0.4, -0.2) is 47.5 Å². The maximum Gasteiger partial charge on any atom is 0.325 e. The number of carboxylic acid groups (broad SMARTS) is 1. The fraction of sp³-hybridized carbons (Fsp3) is 0.636. The Kier molecular flexibility index (Phi) is 3.27.